The number of rotatable bonds is 3. The Bertz CT molecular complexity index is 687. The van der Waals surface area contributed by atoms with E-state index in [9.17, 15) is 4.79 Å². The fraction of sp³-hybridized carbons (Fsp3) is 0.619. The summed E-state index contributed by atoms with van der Waals surface area (Å²) in [6, 6.07) is 8.84. The average molecular weight is 390 g/mol. The van der Waals surface area contributed by atoms with Gasteiger partial charge in [-0.05, 0) is 56.5 Å². The Morgan fingerprint density at radius 1 is 1.22 bits per heavy atom. The van der Waals surface area contributed by atoms with Crippen molar-refractivity contribution in [3.05, 3.63) is 24.3 Å². The number of carbonyl (C=O) groups is 1. The Labute approximate surface area is 167 Å². The zero-order chi connectivity index (χ0) is 19.6. The summed E-state index contributed by atoms with van der Waals surface area (Å²) >= 11 is 5.76. The molecule has 2 bridgehead atoms. The van der Waals surface area contributed by atoms with Crippen LogP contribution in [-0.2, 0) is 4.79 Å². The Balaban J connectivity index is 1.66. The van der Waals surface area contributed by atoms with E-state index in [2.05, 4.69) is 15.5 Å². The zero-order valence-electron chi connectivity index (χ0n) is 16.7. The molecule has 0 aliphatic carbocycles. The monoisotopic (exact) mass is 389 g/mol. The van der Waals surface area contributed by atoms with Gasteiger partial charge in [-0.3, -0.25) is 4.79 Å². The third-order valence-corrected chi connectivity index (χ3v) is 5.86. The predicted octanol–water partition coefficient (Wildman–Crippen LogP) is 3.94. The summed E-state index contributed by atoms with van der Waals surface area (Å²) in [5, 5.41) is 7.43. The van der Waals surface area contributed by atoms with Gasteiger partial charge in [0, 0.05) is 35.3 Å². The number of nitrogens with zero attached hydrogens (tertiary/aromatic N) is 1. The second-order valence-corrected chi connectivity index (χ2v) is 9.09. The van der Waals surface area contributed by atoms with Gasteiger partial charge in [0.2, 0.25) is 5.91 Å². The number of hydrogen-bond acceptors (Lipinski definition) is 3. The molecule has 2 N–H and O–H groups in total. The summed E-state index contributed by atoms with van der Waals surface area (Å²) < 4.78 is 5.30. The summed E-state index contributed by atoms with van der Waals surface area (Å²) in [5.74, 6) is 0.947. The third-order valence-electron chi connectivity index (χ3n) is 5.55. The van der Waals surface area contributed by atoms with Crippen molar-refractivity contribution in [1.29, 1.82) is 0 Å². The number of fused-ring (bicyclic) bond motifs is 2. The Hall–Kier alpha value is -1.82. The highest BCUT2D eigenvalue weighted by atomic mass is 32.1. The molecule has 2 saturated heterocycles. The van der Waals surface area contributed by atoms with Gasteiger partial charge in [0.05, 0.1) is 7.11 Å². The van der Waals surface area contributed by atoms with Crippen LogP contribution in [0.25, 0.3) is 0 Å². The third kappa shape index (κ3) is 4.72. The van der Waals surface area contributed by atoms with E-state index in [0.29, 0.717) is 12.1 Å². The van der Waals surface area contributed by atoms with Crippen LogP contribution in [-0.4, -0.2) is 41.2 Å². The molecule has 2 aliphatic heterocycles. The van der Waals surface area contributed by atoms with Crippen molar-refractivity contribution in [2.75, 3.05) is 12.4 Å². The number of carbonyl (C=O) groups excluding carboxylic acids is 1. The lowest BCUT2D eigenvalue weighted by atomic mass is 9.81. The minimum absolute atomic E-state index is 0.135. The molecule has 2 atom stereocenters. The van der Waals surface area contributed by atoms with Crippen molar-refractivity contribution in [1.82, 2.24) is 10.2 Å². The van der Waals surface area contributed by atoms with E-state index in [-0.39, 0.29) is 17.4 Å². The number of amides is 1. The lowest BCUT2D eigenvalue weighted by molar-refractivity contribution is -0.129. The Morgan fingerprint density at radius 2 is 1.89 bits per heavy atom. The fourth-order valence-corrected chi connectivity index (χ4v) is 4.54. The number of hydrogen-bond donors (Lipinski definition) is 2. The molecule has 2 fully saturated rings. The fourth-order valence-electron chi connectivity index (χ4n) is 4.12. The van der Waals surface area contributed by atoms with Gasteiger partial charge in [-0.25, -0.2) is 0 Å². The first-order valence-electron chi connectivity index (χ1n) is 9.82. The maximum Gasteiger partial charge on any atom is 0.225 e. The number of methoxy groups -OCH3 is 1. The molecule has 0 aromatic heterocycles. The first-order valence-corrected chi connectivity index (χ1v) is 10.2. The van der Waals surface area contributed by atoms with Gasteiger partial charge in [0.1, 0.15) is 5.75 Å². The van der Waals surface area contributed by atoms with Gasteiger partial charge in [-0.2, -0.15) is 0 Å². The molecule has 3 rings (SSSR count). The predicted molar refractivity (Wildman–Crippen MR) is 113 cm³/mol. The van der Waals surface area contributed by atoms with E-state index in [0.717, 1.165) is 42.2 Å². The van der Waals surface area contributed by atoms with E-state index in [1.54, 1.807) is 7.11 Å². The molecule has 27 heavy (non-hydrogen) atoms. The number of nitrogens with one attached hydrogen (secondary N) is 2. The maximum atomic E-state index is 12.4. The second-order valence-electron chi connectivity index (χ2n) is 8.70. The van der Waals surface area contributed by atoms with Gasteiger partial charge < -0.3 is 20.3 Å². The summed E-state index contributed by atoms with van der Waals surface area (Å²) in [4.78, 5) is 14.8. The molecule has 1 aromatic rings. The van der Waals surface area contributed by atoms with Gasteiger partial charge in [-0.15, -0.1) is 0 Å². The molecule has 0 spiro atoms. The van der Waals surface area contributed by atoms with Crippen LogP contribution in [0.2, 0.25) is 0 Å². The van der Waals surface area contributed by atoms with Gasteiger partial charge in [0.15, 0.2) is 5.11 Å². The SMILES string of the molecule is COc1cccc(NC(=S)N2[C@@H]3CCC[C@@H]2CC(NC(=O)C(C)(C)C)C3)c1. The molecule has 6 heteroatoms. The molecule has 1 amide bonds. The number of piperidine rings is 2. The van der Waals surface area contributed by atoms with Crippen molar-refractivity contribution < 1.29 is 9.53 Å². The molecule has 2 aliphatic rings. The van der Waals surface area contributed by atoms with Crippen molar-refractivity contribution in [3.8, 4) is 5.75 Å². The molecular weight excluding hydrogens is 358 g/mol. The highest BCUT2D eigenvalue weighted by molar-refractivity contribution is 7.80. The topological polar surface area (TPSA) is 53.6 Å². The minimum Gasteiger partial charge on any atom is -0.497 e. The molecule has 0 saturated carbocycles. The normalized spacial score (nSPS) is 24.9. The number of thiocarbonyl (C=S) groups is 1. The van der Waals surface area contributed by atoms with Crippen LogP contribution in [0.4, 0.5) is 5.69 Å². The van der Waals surface area contributed by atoms with Gasteiger partial charge in [0.25, 0.3) is 0 Å². The maximum absolute atomic E-state index is 12.4. The lowest BCUT2D eigenvalue weighted by Gasteiger charge is -2.50. The second kappa shape index (κ2) is 8.05. The van der Waals surface area contributed by atoms with E-state index in [1.807, 2.05) is 45.0 Å². The summed E-state index contributed by atoms with van der Waals surface area (Å²) in [6.45, 7) is 5.89. The minimum atomic E-state index is -0.352. The van der Waals surface area contributed by atoms with Gasteiger partial charge in [-0.1, -0.05) is 26.8 Å². The van der Waals surface area contributed by atoms with Crippen LogP contribution in [0.15, 0.2) is 24.3 Å². The van der Waals surface area contributed by atoms with Crippen LogP contribution >= 0.6 is 12.2 Å². The van der Waals surface area contributed by atoms with Crippen molar-refractivity contribution in [2.24, 2.45) is 5.41 Å². The molecule has 0 radical (unpaired) electrons. The largest absolute Gasteiger partial charge is 0.497 e. The quantitative estimate of drug-likeness (QED) is 0.767. The first kappa shape index (κ1) is 19.9. The van der Waals surface area contributed by atoms with Crippen molar-refractivity contribution in [3.63, 3.8) is 0 Å². The van der Waals surface area contributed by atoms with Crippen LogP contribution in [0.1, 0.15) is 52.9 Å². The highest BCUT2D eigenvalue weighted by Gasteiger charge is 2.40. The molecular formula is C21H31N3O2S. The first-order chi connectivity index (χ1) is 12.8. The molecule has 148 valence electrons. The standard InChI is InChI=1S/C21H31N3O2S/c1-21(2,3)19(25)22-15-11-16-8-6-9-17(12-15)24(16)20(27)23-14-7-5-10-18(13-14)26-4/h5,7,10,13,15-17H,6,8-9,11-12H2,1-4H3,(H,22,25)(H,23,27)/t16-,17-/m1/s1. The lowest BCUT2D eigenvalue weighted by Crippen LogP contribution is -2.60. The van der Waals surface area contributed by atoms with Crippen LogP contribution in [0.3, 0.4) is 0 Å². The summed E-state index contributed by atoms with van der Waals surface area (Å²) in [5.41, 5.74) is 0.593. The van der Waals surface area contributed by atoms with E-state index in [1.165, 1.54) is 6.42 Å². The smallest absolute Gasteiger partial charge is 0.225 e. The van der Waals surface area contributed by atoms with E-state index < -0.39 is 0 Å². The number of anilines is 1. The van der Waals surface area contributed by atoms with E-state index in [4.69, 9.17) is 17.0 Å². The molecule has 2 heterocycles. The van der Waals surface area contributed by atoms with Crippen molar-refractivity contribution >= 4 is 28.9 Å². The summed E-state index contributed by atoms with van der Waals surface area (Å²) in [7, 11) is 1.67. The number of ether oxygens (including phenoxy) is 1. The molecule has 1 aromatic carbocycles. The Kier molecular flexibility index (Phi) is 5.94. The van der Waals surface area contributed by atoms with Crippen LogP contribution < -0.4 is 15.4 Å². The average Bonchev–Trinajstić information content (AvgIpc) is 2.60. The summed E-state index contributed by atoms with van der Waals surface area (Å²) in [6.07, 6.45) is 5.39. The van der Waals surface area contributed by atoms with Gasteiger partial charge >= 0.3 is 0 Å². The van der Waals surface area contributed by atoms with Crippen molar-refractivity contribution in [2.45, 2.75) is 71.0 Å². The zero-order valence-corrected chi connectivity index (χ0v) is 17.6. The Morgan fingerprint density at radius 3 is 2.48 bits per heavy atom. The van der Waals surface area contributed by atoms with Crippen LogP contribution in [0, 0.1) is 5.41 Å². The van der Waals surface area contributed by atoms with Crippen LogP contribution in [0.5, 0.6) is 5.75 Å². The highest BCUT2D eigenvalue weighted by Crippen LogP contribution is 2.35. The number of benzene rings is 1. The van der Waals surface area contributed by atoms with E-state index >= 15 is 0 Å². The molecule has 0 unspecified atom stereocenters. The molecule has 5 nitrogen and oxygen atoms in total.